The van der Waals surface area contributed by atoms with E-state index in [4.69, 9.17) is 0 Å². The maximum absolute atomic E-state index is 12.0. The normalized spacial score (nSPS) is 11.5. The molecular formula is C17H17BrO4S. The summed E-state index contributed by atoms with van der Waals surface area (Å²) >= 11 is 3.04. The molecule has 0 aliphatic carbocycles. The number of halogens is 1. The molecule has 0 unspecified atom stereocenters. The molecule has 0 aliphatic heterocycles. The van der Waals surface area contributed by atoms with Gasteiger partial charge in [0.05, 0.1) is 5.33 Å². The van der Waals surface area contributed by atoms with Gasteiger partial charge in [0.25, 0.3) is 10.1 Å². The number of alkyl halides is 1. The number of Topliss-reactive ketones (excluding diaryl/α,β-unsaturated/α-hetero) is 1. The minimum atomic E-state index is -4.50. The van der Waals surface area contributed by atoms with Crippen LogP contribution in [0.15, 0.2) is 41.3 Å². The predicted octanol–water partition coefficient (Wildman–Crippen LogP) is 4.05. The van der Waals surface area contributed by atoms with E-state index in [0.29, 0.717) is 5.56 Å². The number of rotatable bonds is 5. The Labute approximate surface area is 144 Å². The monoisotopic (exact) mass is 396 g/mol. The van der Waals surface area contributed by atoms with Gasteiger partial charge in [-0.3, -0.25) is 9.35 Å². The van der Waals surface area contributed by atoms with Crippen LogP contribution in [0, 0.1) is 6.92 Å². The van der Waals surface area contributed by atoms with E-state index in [2.05, 4.69) is 15.9 Å². The Balaban J connectivity index is 2.80. The van der Waals surface area contributed by atoms with Crippen LogP contribution in [0.1, 0.15) is 28.4 Å². The molecule has 0 spiro atoms. The Hall–Kier alpha value is -1.50. The van der Waals surface area contributed by atoms with Crippen LogP contribution in [0.4, 0.5) is 0 Å². The molecule has 0 saturated carbocycles. The molecule has 1 N–H and O–H groups in total. The van der Waals surface area contributed by atoms with Gasteiger partial charge in [-0.2, -0.15) is 8.42 Å². The Morgan fingerprint density at radius 2 is 1.83 bits per heavy atom. The fraction of sp³-hybridized carbons (Fsp3) is 0.235. The van der Waals surface area contributed by atoms with E-state index in [1.807, 2.05) is 38.1 Å². The van der Waals surface area contributed by atoms with Gasteiger partial charge in [0, 0.05) is 5.56 Å². The maximum Gasteiger partial charge on any atom is 0.295 e. The van der Waals surface area contributed by atoms with Crippen LogP contribution in [-0.2, 0) is 16.5 Å². The van der Waals surface area contributed by atoms with Crippen LogP contribution < -0.4 is 0 Å². The van der Waals surface area contributed by atoms with Gasteiger partial charge < -0.3 is 0 Å². The van der Waals surface area contributed by atoms with Crippen molar-refractivity contribution in [2.45, 2.75) is 25.2 Å². The summed E-state index contributed by atoms with van der Waals surface area (Å²) in [5.74, 6) is -0.393. The van der Waals surface area contributed by atoms with Crippen molar-refractivity contribution >= 4 is 31.8 Å². The summed E-state index contributed by atoms with van der Waals surface area (Å²) in [4.78, 5) is 11.6. The first-order valence-corrected chi connectivity index (χ1v) is 9.65. The van der Waals surface area contributed by atoms with Crippen molar-refractivity contribution in [2.75, 3.05) is 5.33 Å². The third kappa shape index (κ3) is 3.71. The van der Waals surface area contributed by atoms with Gasteiger partial charge in [-0.05, 0) is 47.7 Å². The van der Waals surface area contributed by atoms with Gasteiger partial charge >= 0.3 is 0 Å². The molecule has 0 heterocycles. The van der Waals surface area contributed by atoms with Crippen LogP contribution >= 0.6 is 15.9 Å². The SMILES string of the molecule is CCc1ccccc1-c1cc(S(=O)(=O)O)c(C(=O)CBr)cc1C. The first-order valence-electron chi connectivity index (χ1n) is 7.09. The van der Waals surface area contributed by atoms with Gasteiger partial charge in [0.2, 0.25) is 0 Å². The third-order valence-corrected chi connectivity index (χ3v) is 5.12. The molecule has 0 atom stereocenters. The minimum absolute atomic E-state index is 0.000366. The highest BCUT2D eigenvalue weighted by Crippen LogP contribution is 2.32. The second-order valence-electron chi connectivity index (χ2n) is 5.21. The molecule has 0 bridgehead atoms. The second kappa shape index (κ2) is 6.95. The highest BCUT2D eigenvalue weighted by atomic mass is 79.9. The molecule has 2 rings (SSSR count). The smallest absolute Gasteiger partial charge is 0.293 e. The number of aryl methyl sites for hydroxylation is 2. The van der Waals surface area contributed by atoms with Gasteiger partial charge in [-0.15, -0.1) is 0 Å². The topological polar surface area (TPSA) is 71.4 Å². The highest BCUT2D eigenvalue weighted by molar-refractivity contribution is 9.09. The molecule has 0 fully saturated rings. The highest BCUT2D eigenvalue weighted by Gasteiger charge is 2.22. The zero-order valence-corrected chi connectivity index (χ0v) is 15.2. The lowest BCUT2D eigenvalue weighted by atomic mass is 9.93. The van der Waals surface area contributed by atoms with Gasteiger partial charge in [-0.25, -0.2) is 0 Å². The summed E-state index contributed by atoms with van der Waals surface area (Å²) in [7, 11) is -4.50. The molecule has 0 radical (unpaired) electrons. The average Bonchev–Trinajstić information content (AvgIpc) is 2.52. The van der Waals surface area contributed by atoms with Crippen molar-refractivity contribution < 1.29 is 17.8 Å². The number of hydrogen-bond donors (Lipinski definition) is 1. The number of hydrogen-bond acceptors (Lipinski definition) is 3. The third-order valence-electron chi connectivity index (χ3n) is 3.71. The van der Waals surface area contributed by atoms with E-state index in [0.717, 1.165) is 23.1 Å². The molecule has 0 aromatic heterocycles. The number of ketones is 1. The van der Waals surface area contributed by atoms with E-state index in [-0.39, 0.29) is 15.8 Å². The average molecular weight is 397 g/mol. The minimum Gasteiger partial charge on any atom is -0.293 e. The lowest BCUT2D eigenvalue weighted by Gasteiger charge is -2.14. The zero-order chi connectivity index (χ0) is 17.2. The molecule has 23 heavy (non-hydrogen) atoms. The Morgan fingerprint density at radius 1 is 1.17 bits per heavy atom. The van der Waals surface area contributed by atoms with Gasteiger partial charge in [0.15, 0.2) is 5.78 Å². The summed E-state index contributed by atoms with van der Waals surface area (Å²) in [6.45, 7) is 3.83. The van der Waals surface area contributed by atoms with E-state index >= 15 is 0 Å². The fourth-order valence-corrected chi connectivity index (χ4v) is 3.59. The Kier molecular flexibility index (Phi) is 5.39. The van der Waals surface area contributed by atoms with Gasteiger partial charge in [0.1, 0.15) is 4.90 Å². The van der Waals surface area contributed by atoms with E-state index < -0.39 is 15.9 Å². The fourth-order valence-electron chi connectivity index (χ4n) is 2.57. The van der Waals surface area contributed by atoms with Crippen LogP contribution in [0.5, 0.6) is 0 Å². The number of benzene rings is 2. The standard InChI is InChI=1S/C17H17BrO4S/c1-3-12-6-4-5-7-13(12)14-9-17(23(20,21)22)15(8-11(14)2)16(19)10-18/h4-9H,3,10H2,1-2H3,(H,20,21,22). The Morgan fingerprint density at radius 3 is 2.39 bits per heavy atom. The Bertz CT molecular complexity index is 857. The molecule has 2 aromatic rings. The largest absolute Gasteiger partial charge is 0.295 e. The molecule has 0 saturated heterocycles. The lowest BCUT2D eigenvalue weighted by Crippen LogP contribution is -2.11. The predicted molar refractivity (Wildman–Crippen MR) is 93.9 cm³/mol. The quantitative estimate of drug-likeness (QED) is 0.470. The van der Waals surface area contributed by atoms with Crippen LogP contribution in [0.25, 0.3) is 11.1 Å². The van der Waals surface area contributed by atoms with Crippen LogP contribution in [-0.4, -0.2) is 24.1 Å². The van der Waals surface area contributed by atoms with Crippen molar-refractivity contribution in [3.63, 3.8) is 0 Å². The maximum atomic E-state index is 12.0. The van der Waals surface area contributed by atoms with Crippen molar-refractivity contribution in [3.05, 3.63) is 53.1 Å². The molecule has 0 amide bonds. The van der Waals surface area contributed by atoms with E-state index in [9.17, 15) is 17.8 Å². The number of carbonyl (C=O) groups excluding carboxylic acids is 1. The summed E-state index contributed by atoms with van der Waals surface area (Å²) < 4.78 is 32.9. The molecule has 122 valence electrons. The van der Waals surface area contributed by atoms with Crippen LogP contribution in [0.2, 0.25) is 0 Å². The van der Waals surface area contributed by atoms with Gasteiger partial charge in [-0.1, -0.05) is 47.1 Å². The van der Waals surface area contributed by atoms with Crippen molar-refractivity contribution in [3.8, 4) is 11.1 Å². The summed E-state index contributed by atoms with van der Waals surface area (Å²) in [6, 6.07) is 10.6. The van der Waals surface area contributed by atoms with E-state index in [1.54, 1.807) is 0 Å². The molecule has 0 aliphatic rings. The molecule has 4 nitrogen and oxygen atoms in total. The summed E-state index contributed by atoms with van der Waals surface area (Å²) in [6.07, 6.45) is 0.791. The molecule has 2 aromatic carbocycles. The second-order valence-corrected chi connectivity index (χ2v) is 7.16. The first kappa shape index (κ1) is 17.8. The van der Waals surface area contributed by atoms with E-state index in [1.165, 1.54) is 12.1 Å². The first-order chi connectivity index (χ1) is 10.8. The molecular weight excluding hydrogens is 380 g/mol. The number of carbonyl (C=O) groups is 1. The summed E-state index contributed by atoms with van der Waals surface area (Å²) in [5, 5.41) is -0.0140. The van der Waals surface area contributed by atoms with Crippen molar-refractivity contribution in [1.29, 1.82) is 0 Å². The lowest BCUT2D eigenvalue weighted by molar-refractivity contribution is 0.102. The van der Waals surface area contributed by atoms with Crippen molar-refractivity contribution in [1.82, 2.24) is 0 Å². The van der Waals surface area contributed by atoms with Crippen molar-refractivity contribution in [2.24, 2.45) is 0 Å². The van der Waals surface area contributed by atoms with Crippen LogP contribution in [0.3, 0.4) is 0 Å². The summed E-state index contributed by atoms with van der Waals surface area (Å²) in [5.41, 5.74) is 3.44. The molecule has 6 heteroatoms. The zero-order valence-electron chi connectivity index (χ0n) is 12.8.